The van der Waals surface area contributed by atoms with E-state index < -0.39 is 0 Å². The molecule has 0 saturated heterocycles. The third-order valence-corrected chi connectivity index (χ3v) is 3.61. The minimum absolute atomic E-state index is 0.341. The number of rotatable bonds is 2. The van der Waals surface area contributed by atoms with E-state index in [-0.39, 0.29) is 0 Å². The minimum atomic E-state index is 0.341. The second kappa shape index (κ2) is 5.68. The SMILES string of the molecule is Cc1cc(/C=C/c2c(Cl)cccc2Cl)cc(C)c1O. The molecule has 0 spiro atoms. The predicted molar refractivity (Wildman–Crippen MR) is 83.0 cm³/mol. The number of aromatic hydroxyl groups is 1. The quantitative estimate of drug-likeness (QED) is 0.726. The number of benzene rings is 2. The lowest BCUT2D eigenvalue weighted by molar-refractivity contribution is 0.467. The first kappa shape index (κ1) is 14.0. The second-order valence-electron chi connectivity index (χ2n) is 4.47. The molecule has 0 aromatic heterocycles. The third-order valence-electron chi connectivity index (χ3n) is 2.96. The van der Waals surface area contributed by atoms with Crippen molar-refractivity contribution in [3.05, 3.63) is 62.6 Å². The molecule has 0 aliphatic rings. The zero-order valence-electron chi connectivity index (χ0n) is 10.7. The first-order valence-corrected chi connectivity index (χ1v) is 6.67. The first-order chi connectivity index (χ1) is 8.99. The second-order valence-corrected chi connectivity index (χ2v) is 5.29. The van der Waals surface area contributed by atoms with Gasteiger partial charge in [0.15, 0.2) is 0 Å². The highest BCUT2D eigenvalue weighted by molar-refractivity contribution is 6.37. The van der Waals surface area contributed by atoms with Crippen molar-refractivity contribution in [1.29, 1.82) is 0 Å². The molecule has 3 heteroatoms. The summed E-state index contributed by atoms with van der Waals surface area (Å²) in [6, 6.07) is 9.27. The Morgan fingerprint density at radius 1 is 0.947 bits per heavy atom. The number of hydrogen-bond donors (Lipinski definition) is 1. The van der Waals surface area contributed by atoms with Crippen LogP contribution in [0.25, 0.3) is 12.2 Å². The van der Waals surface area contributed by atoms with Crippen LogP contribution in [0.3, 0.4) is 0 Å². The van der Waals surface area contributed by atoms with Crippen LogP contribution in [0.2, 0.25) is 10.0 Å². The molecule has 1 nitrogen and oxygen atoms in total. The molecule has 19 heavy (non-hydrogen) atoms. The molecular weight excluding hydrogens is 279 g/mol. The summed E-state index contributed by atoms with van der Waals surface area (Å²) in [6.07, 6.45) is 3.82. The van der Waals surface area contributed by atoms with Crippen molar-refractivity contribution in [2.45, 2.75) is 13.8 Å². The fourth-order valence-corrected chi connectivity index (χ4v) is 2.46. The van der Waals surface area contributed by atoms with Gasteiger partial charge in [0, 0.05) is 15.6 Å². The zero-order chi connectivity index (χ0) is 14.0. The van der Waals surface area contributed by atoms with E-state index in [0.717, 1.165) is 22.3 Å². The number of phenols is 1. The van der Waals surface area contributed by atoms with Crippen molar-refractivity contribution in [2.75, 3.05) is 0 Å². The van der Waals surface area contributed by atoms with E-state index >= 15 is 0 Å². The van der Waals surface area contributed by atoms with Crippen LogP contribution in [0.15, 0.2) is 30.3 Å². The average molecular weight is 293 g/mol. The van der Waals surface area contributed by atoms with Gasteiger partial charge in [-0.15, -0.1) is 0 Å². The van der Waals surface area contributed by atoms with Crippen molar-refractivity contribution in [3.8, 4) is 5.75 Å². The Bertz CT molecular complexity index is 602. The van der Waals surface area contributed by atoms with Crippen LogP contribution in [0.1, 0.15) is 22.3 Å². The van der Waals surface area contributed by atoms with E-state index in [9.17, 15) is 5.11 Å². The standard InChI is InChI=1S/C16H14Cl2O/c1-10-8-12(9-11(2)16(10)19)6-7-13-14(17)4-3-5-15(13)18/h3-9,19H,1-2H3/b7-6+. The molecule has 0 radical (unpaired) electrons. The molecule has 98 valence electrons. The van der Waals surface area contributed by atoms with E-state index in [1.54, 1.807) is 12.1 Å². The fourth-order valence-electron chi connectivity index (χ4n) is 1.94. The molecule has 0 bridgehead atoms. The van der Waals surface area contributed by atoms with Crippen molar-refractivity contribution in [2.24, 2.45) is 0 Å². The van der Waals surface area contributed by atoms with Gasteiger partial charge in [-0.3, -0.25) is 0 Å². The predicted octanol–water partition coefficient (Wildman–Crippen LogP) is 5.49. The van der Waals surface area contributed by atoms with E-state index in [2.05, 4.69) is 0 Å². The number of hydrogen-bond acceptors (Lipinski definition) is 1. The summed E-state index contributed by atoms with van der Waals surface area (Å²) in [4.78, 5) is 0. The highest BCUT2D eigenvalue weighted by atomic mass is 35.5. The van der Waals surface area contributed by atoms with E-state index in [0.29, 0.717) is 15.8 Å². The molecular formula is C16H14Cl2O. The number of halogens is 2. The first-order valence-electron chi connectivity index (χ1n) is 5.91. The van der Waals surface area contributed by atoms with Crippen molar-refractivity contribution in [1.82, 2.24) is 0 Å². The normalized spacial score (nSPS) is 11.2. The molecule has 0 heterocycles. The largest absolute Gasteiger partial charge is 0.507 e. The topological polar surface area (TPSA) is 20.2 Å². The molecule has 2 aromatic carbocycles. The van der Waals surface area contributed by atoms with Gasteiger partial charge in [0.1, 0.15) is 5.75 Å². The van der Waals surface area contributed by atoms with E-state index in [1.165, 1.54) is 0 Å². The van der Waals surface area contributed by atoms with E-state index in [4.69, 9.17) is 23.2 Å². The Labute approximate surface area is 123 Å². The molecule has 1 N–H and O–H groups in total. The third kappa shape index (κ3) is 3.12. The van der Waals surface area contributed by atoms with Crippen LogP contribution in [0.5, 0.6) is 5.75 Å². The van der Waals surface area contributed by atoms with Gasteiger partial charge in [0.2, 0.25) is 0 Å². The summed E-state index contributed by atoms with van der Waals surface area (Å²) in [6.45, 7) is 3.75. The van der Waals surface area contributed by atoms with Gasteiger partial charge in [-0.1, -0.05) is 41.4 Å². The molecule has 0 fully saturated rings. The molecule has 2 rings (SSSR count). The lowest BCUT2D eigenvalue weighted by atomic mass is 10.0. The van der Waals surface area contributed by atoms with Crippen LogP contribution in [-0.2, 0) is 0 Å². The highest BCUT2D eigenvalue weighted by Crippen LogP contribution is 2.28. The summed E-state index contributed by atoms with van der Waals surface area (Å²) in [5, 5.41) is 11.0. The van der Waals surface area contributed by atoms with Crippen LogP contribution in [0.4, 0.5) is 0 Å². The summed E-state index contributed by atoms with van der Waals surface area (Å²) in [5.74, 6) is 0.341. The Hall–Kier alpha value is -1.44. The van der Waals surface area contributed by atoms with Gasteiger partial charge in [-0.25, -0.2) is 0 Å². The fraction of sp³-hybridized carbons (Fsp3) is 0.125. The maximum Gasteiger partial charge on any atom is 0.121 e. The minimum Gasteiger partial charge on any atom is -0.507 e. The van der Waals surface area contributed by atoms with Crippen molar-refractivity contribution < 1.29 is 5.11 Å². The van der Waals surface area contributed by atoms with Crippen LogP contribution in [-0.4, -0.2) is 5.11 Å². The maximum atomic E-state index is 9.74. The Kier molecular flexibility index (Phi) is 4.18. The lowest BCUT2D eigenvalue weighted by Crippen LogP contribution is -1.83. The molecule has 0 saturated carbocycles. The Morgan fingerprint density at radius 2 is 1.47 bits per heavy atom. The average Bonchev–Trinajstić information content (AvgIpc) is 2.35. The van der Waals surface area contributed by atoms with Crippen LogP contribution < -0.4 is 0 Å². The Balaban J connectivity index is 2.38. The van der Waals surface area contributed by atoms with Crippen molar-refractivity contribution in [3.63, 3.8) is 0 Å². The molecule has 0 unspecified atom stereocenters. The highest BCUT2D eigenvalue weighted by Gasteiger charge is 2.03. The van der Waals surface area contributed by atoms with Gasteiger partial charge in [0.25, 0.3) is 0 Å². The lowest BCUT2D eigenvalue weighted by Gasteiger charge is -2.05. The van der Waals surface area contributed by atoms with Crippen molar-refractivity contribution >= 4 is 35.4 Å². The summed E-state index contributed by atoms with van der Waals surface area (Å²) >= 11 is 12.2. The van der Waals surface area contributed by atoms with Gasteiger partial charge < -0.3 is 5.11 Å². The maximum absolute atomic E-state index is 9.74. The van der Waals surface area contributed by atoms with Gasteiger partial charge >= 0.3 is 0 Å². The van der Waals surface area contributed by atoms with Gasteiger partial charge in [-0.05, 0) is 54.8 Å². The zero-order valence-corrected chi connectivity index (χ0v) is 12.3. The van der Waals surface area contributed by atoms with E-state index in [1.807, 2.05) is 44.2 Å². The molecule has 2 aromatic rings. The van der Waals surface area contributed by atoms with Gasteiger partial charge in [0.05, 0.1) is 0 Å². The summed E-state index contributed by atoms with van der Waals surface area (Å²) < 4.78 is 0. The molecule has 0 amide bonds. The molecule has 0 aliphatic heterocycles. The summed E-state index contributed by atoms with van der Waals surface area (Å²) in [5.41, 5.74) is 3.51. The van der Waals surface area contributed by atoms with Crippen LogP contribution >= 0.6 is 23.2 Å². The van der Waals surface area contributed by atoms with Gasteiger partial charge in [-0.2, -0.15) is 0 Å². The smallest absolute Gasteiger partial charge is 0.121 e. The number of aryl methyl sites for hydroxylation is 2. The number of phenolic OH excluding ortho intramolecular Hbond substituents is 1. The Morgan fingerprint density at radius 3 is 2.00 bits per heavy atom. The monoisotopic (exact) mass is 292 g/mol. The van der Waals surface area contributed by atoms with Crippen LogP contribution in [0, 0.1) is 13.8 Å². The molecule has 0 aliphatic carbocycles. The molecule has 0 atom stereocenters. The summed E-state index contributed by atoms with van der Waals surface area (Å²) in [7, 11) is 0.